The molecule has 0 aliphatic carbocycles. The lowest BCUT2D eigenvalue weighted by Gasteiger charge is -2.24. The van der Waals surface area contributed by atoms with Crippen LogP contribution in [0.1, 0.15) is 24.2 Å². The van der Waals surface area contributed by atoms with Gasteiger partial charge in [0.2, 0.25) is 0 Å². The highest BCUT2D eigenvalue weighted by Crippen LogP contribution is 2.26. The number of carbonyl (C=O) groups is 1. The SMILES string of the molecule is CCOC(=O)N(C)OC(c1ccccc1)c1ccccc1. The largest absolute Gasteiger partial charge is 0.448 e. The van der Waals surface area contributed by atoms with Crippen LogP contribution in [0.2, 0.25) is 0 Å². The maximum absolute atomic E-state index is 11.7. The fourth-order valence-corrected chi connectivity index (χ4v) is 1.99. The molecule has 0 atom stereocenters. The zero-order valence-electron chi connectivity index (χ0n) is 12.2. The van der Waals surface area contributed by atoms with Gasteiger partial charge in [-0.1, -0.05) is 60.7 Å². The molecular weight excluding hydrogens is 266 g/mol. The Labute approximate surface area is 124 Å². The number of carbonyl (C=O) groups excluding carboxylic acids is 1. The number of hydroxylamine groups is 2. The van der Waals surface area contributed by atoms with E-state index in [0.717, 1.165) is 16.2 Å². The highest BCUT2D eigenvalue weighted by atomic mass is 16.7. The Bertz CT molecular complexity index is 517. The average molecular weight is 285 g/mol. The van der Waals surface area contributed by atoms with Gasteiger partial charge in [-0.15, -0.1) is 0 Å². The molecular formula is C17H19NO3. The first kappa shape index (κ1) is 15.1. The number of benzene rings is 2. The van der Waals surface area contributed by atoms with Crippen LogP contribution < -0.4 is 0 Å². The Hall–Kier alpha value is -2.33. The summed E-state index contributed by atoms with van der Waals surface area (Å²) >= 11 is 0. The third-order valence-electron chi connectivity index (χ3n) is 2.99. The molecule has 110 valence electrons. The number of amides is 1. The minimum absolute atomic E-state index is 0.313. The predicted octanol–water partition coefficient (Wildman–Crippen LogP) is 3.80. The summed E-state index contributed by atoms with van der Waals surface area (Å²) in [7, 11) is 1.55. The fourth-order valence-electron chi connectivity index (χ4n) is 1.99. The Morgan fingerprint density at radius 3 is 1.90 bits per heavy atom. The summed E-state index contributed by atoms with van der Waals surface area (Å²) in [6, 6.07) is 19.5. The summed E-state index contributed by atoms with van der Waals surface area (Å²) in [5, 5.41) is 1.13. The van der Waals surface area contributed by atoms with E-state index in [1.54, 1.807) is 14.0 Å². The van der Waals surface area contributed by atoms with Crippen molar-refractivity contribution in [3.05, 3.63) is 71.8 Å². The predicted molar refractivity (Wildman–Crippen MR) is 80.6 cm³/mol. The Kier molecular flexibility index (Phi) is 5.35. The van der Waals surface area contributed by atoms with Crippen LogP contribution >= 0.6 is 0 Å². The molecule has 4 nitrogen and oxygen atoms in total. The summed E-state index contributed by atoms with van der Waals surface area (Å²) in [4.78, 5) is 17.5. The smallest absolute Gasteiger partial charge is 0.433 e. The van der Waals surface area contributed by atoms with Crippen LogP contribution in [0.5, 0.6) is 0 Å². The monoisotopic (exact) mass is 285 g/mol. The van der Waals surface area contributed by atoms with E-state index in [4.69, 9.17) is 9.57 Å². The first-order chi connectivity index (χ1) is 10.2. The van der Waals surface area contributed by atoms with Crippen LogP contribution in [0.3, 0.4) is 0 Å². The molecule has 0 fully saturated rings. The molecule has 0 N–H and O–H groups in total. The van der Waals surface area contributed by atoms with Gasteiger partial charge in [-0.25, -0.2) is 4.79 Å². The molecule has 0 heterocycles. The lowest BCUT2D eigenvalue weighted by Crippen LogP contribution is -2.30. The van der Waals surface area contributed by atoms with Gasteiger partial charge in [0.25, 0.3) is 0 Å². The van der Waals surface area contributed by atoms with Crippen molar-refractivity contribution in [3.8, 4) is 0 Å². The van der Waals surface area contributed by atoms with Crippen LogP contribution in [0, 0.1) is 0 Å². The molecule has 21 heavy (non-hydrogen) atoms. The molecule has 0 saturated heterocycles. The zero-order valence-corrected chi connectivity index (χ0v) is 12.2. The van der Waals surface area contributed by atoms with Crippen molar-refractivity contribution in [2.45, 2.75) is 13.0 Å². The van der Waals surface area contributed by atoms with Gasteiger partial charge in [0, 0.05) is 7.05 Å². The van der Waals surface area contributed by atoms with Crippen molar-refractivity contribution < 1.29 is 14.4 Å². The van der Waals surface area contributed by atoms with Gasteiger partial charge in [-0.3, -0.25) is 4.84 Å². The average Bonchev–Trinajstić information content (AvgIpc) is 2.54. The third kappa shape index (κ3) is 4.07. The second kappa shape index (κ2) is 7.45. The molecule has 0 saturated carbocycles. The van der Waals surface area contributed by atoms with E-state index >= 15 is 0 Å². The molecule has 0 aromatic heterocycles. The van der Waals surface area contributed by atoms with Gasteiger partial charge in [-0.2, -0.15) is 5.06 Å². The van der Waals surface area contributed by atoms with Gasteiger partial charge >= 0.3 is 6.09 Å². The minimum atomic E-state index is -0.505. The van der Waals surface area contributed by atoms with E-state index < -0.39 is 6.09 Å². The van der Waals surface area contributed by atoms with E-state index in [1.807, 2.05) is 60.7 Å². The lowest BCUT2D eigenvalue weighted by atomic mass is 10.0. The van der Waals surface area contributed by atoms with Crippen LogP contribution in [-0.2, 0) is 9.57 Å². The number of rotatable bonds is 5. The molecule has 0 aliphatic rings. The van der Waals surface area contributed by atoms with Crippen molar-refractivity contribution in [2.75, 3.05) is 13.7 Å². The molecule has 2 aromatic carbocycles. The van der Waals surface area contributed by atoms with E-state index in [1.165, 1.54) is 0 Å². The first-order valence-corrected chi connectivity index (χ1v) is 6.89. The van der Waals surface area contributed by atoms with Crippen LogP contribution in [0.25, 0.3) is 0 Å². The minimum Gasteiger partial charge on any atom is -0.448 e. The summed E-state index contributed by atoms with van der Waals surface area (Å²) in [5.74, 6) is 0. The molecule has 1 amide bonds. The zero-order chi connectivity index (χ0) is 15.1. The van der Waals surface area contributed by atoms with Gasteiger partial charge in [0.05, 0.1) is 6.61 Å². The van der Waals surface area contributed by atoms with E-state index in [2.05, 4.69) is 0 Å². The third-order valence-corrected chi connectivity index (χ3v) is 2.99. The quantitative estimate of drug-likeness (QED) is 0.784. The van der Waals surface area contributed by atoms with Crippen LogP contribution in [-0.4, -0.2) is 24.8 Å². The number of nitrogens with zero attached hydrogens (tertiary/aromatic N) is 1. The van der Waals surface area contributed by atoms with Crippen LogP contribution in [0.4, 0.5) is 4.79 Å². The maximum atomic E-state index is 11.7. The maximum Gasteiger partial charge on any atom is 0.433 e. The van der Waals surface area contributed by atoms with Gasteiger partial charge in [0.1, 0.15) is 6.10 Å². The molecule has 0 aliphatic heterocycles. The van der Waals surface area contributed by atoms with Crippen molar-refractivity contribution in [1.29, 1.82) is 0 Å². The van der Waals surface area contributed by atoms with Gasteiger partial charge < -0.3 is 4.74 Å². The molecule has 0 spiro atoms. The molecule has 2 rings (SSSR count). The lowest BCUT2D eigenvalue weighted by molar-refractivity contribution is -0.148. The van der Waals surface area contributed by atoms with Crippen molar-refractivity contribution in [2.24, 2.45) is 0 Å². The highest BCUT2D eigenvalue weighted by Gasteiger charge is 2.20. The number of hydrogen-bond acceptors (Lipinski definition) is 3. The standard InChI is InChI=1S/C17H19NO3/c1-3-20-17(19)18(2)21-16(14-10-6-4-7-11-14)15-12-8-5-9-13-15/h4-13,16H,3H2,1-2H3. The van der Waals surface area contributed by atoms with Crippen LogP contribution in [0.15, 0.2) is 60.7 Å². The molecule has 0 unspecified atom stereocenters. The summed E-state index contributed by atoms with van der Waals surface area (Å²) in [6.07, 6.45) is -0.865. The van der Waals surface area contributed by atoms with Gasteiger partial charge in [0.15, 0.2) is 0 Å². The van der Waals surface area contributed by atoms with E-state index in [-0.39, 0.29) is 6.10 Å². The van der Waals surface area contributed by atoms with Crippen molar-refractivity contribution >= 4 is 6.09 Å². The molecule has 0 radical (unpaired) electrons. The summed E-state index contributed by atoms with van der Waals surface area (Å²) < 4.78 is 4.94. The second-order valence-electron chi connectivity index (χ2n) is 4.50. The molecule has 2 aromatic rings. The topological polar surface area (TPSA) is 38.8 Å². The first-order valence-electron chi connectivity index (χ1n) is 6.89. The highest BCUT2D eigenvalue weighted by molar-refractivity contribution is 5.65. The van der Waals surface area contributed by atoms with Crippen molar-refractivity contribution in [3.63, 3.8) is 0 Å². The van der Waals surface area contributed by atoms with Crippen molar-refractivity contribution in [1.82, 2.24) is 5.06 Å². The summed E-state index contributed by atoms with van der Waals surface area (Å²) in [6.45, 7) is 2.07. The Morgan fingerprint density at radius 2 is 1.48 bits per heavy atom. The summed E-state index contributed by atoms with van der Waals surface area (Å²) in [5.41, 5.74) is 1.94. The Balaban J connectivity index is 2.23. The van der Waals surface area contributed by atoms with E-state index in [0.29, 0.717) is 6.61 Å². The van der Waals surface area contributed by atoms with E-state index in [9.17, 15) is 4.79 Å². The number of hydrogen-bond donors (Lipinski definition) is 0. The second-order valence-corrected chi connectivity index (χ2v) is 4.50. The fraction of sp³-hybridized carbons (Fsp3) is 0.235. The Morgan fingerprint density at radius 1 is 1.00 bits per heavy atom. The number of ether oxygens (including phenoxy) is 1. The molecule has 4 heteroatoms. The van der Waals surface area contributed by atoms with Gasteiger partial charge in [-0.05, 0) is 18.1 Å². The normalized spacial score (nSPS) is 10.4. The molecule has 0 bridgehead atoms.